The number of nitrogens with one attached hydrogen (secondary N) is 2. The molecule has 2 aromatic carbocycles. The molecule has 0 aliphatic rings. The number of hydrogen-bond donors (Lipinski definition) is 2. The summed E-state index contributed by atoms with van der Waals surface area (Å²) in [5.74, 6) is 1.20. The normalized spacial score (nSPS) is 10.6. The number of para-hydroxylation sites is 2. The number of benzene rings is 2. The fourth-order valence-corrected chi connectivity index (χ4v) is 3.32. The summed E-state index contributed by atoms with van der Waals surface area (Å²) in [4.78, 5) is 29.4. The van der Waals surface area contributed by atoms with Crippen LogP contribution in [-0.4, -0.2) is 22.0 Å². The summed E-state index contributed by atoms with van der Waals surface area (Å²) >= 11 is 0. The van der Waals surface area contributed by atoms with Gasteiger partial charge in [-0.2, -0.15) is 0 Å². The molecular weight excluding hydrogens is 420 g/mol. The molecule has 2 aromatic heterocycles. The van der Waals surface area contributed by atoms with Gasteiger partial charge in [-0.1, -0.05) is 18.2 Å². The van der Waals surface area contributed by atoms with Crippen molar-refractivity contribution in [2.24, 2.45) is 0 Å². The van der Waals surface area contributed by atoms with E-state index in [0.717, 1.165) is 11.3 Å². The van der Waals surface area contributed by atoms with Crippen molar-refractivity contribution in [3.05, 3.63) is 94.5 Å². The highest BCUT2D eigenvalue weighted by atomic mass is 16.5. The highest BCUT2D eigenvalue weighted by Crippen LogP contribution is 2.25. The first-order valence-corrected chi connectivity index (χ1v) is 10.5. The van der Waals surface area contributed by atoms with Crippen molar-refractivity contribution >= 4 is 23.1 Å². The van der Waals surface area contributed by atoms with Crippen molar-refractivity contribution in [3.63, 3.8) is 0 Å². The minimum absolute atomic E-state index is 0.0826. The van der Waals surface area contributed by atoms with Gasteiger partial charge in [0.2, 0.25) is 0 Å². The van der Waals surface area contributed by atoms with Crippen LogP contribution in [-0.2, 0) is 6.61 Å². The van der Waals surface area contributed by atoms with Crippen LogP contribution in [0.1, 0.15) is 18.2 Å². The summed E-state index contributed by atoms with van der Waals surface area (Å²) < 4.78 is 12.8. The van der Waals surface area contributed by atoms with E-state index in [1.807, 2.05) is 26.0 Å². The maximum absolute atomic E-state index is 12.5. The van der Waals surface area contributed by atoms with Gasteiger partial charge in [-0.25, -0.2) is 9.78 Å². The maximum atomic E-state index is 12.5. The first-order valence-electron chi connectivity index (χ1n) is 10.5. The Morgan fingerprint density at radius 1 is 1.00 bits per heavy atom. The topological polar surface area (TPSA) is 94.0 Å². The first-order chi connectivity index (χ1) is 16.0. The van der Waals surface area contributed by atoms with Crippen molar-refractivity contribution in [3.8, 4) is 11.5 Å². The van der Waals surface area contributed by atoms with E-state index >= 15 is 0 Å². The molecule has 0 radical (unpaired) electrons. The second kappa shape index (κ2) is 9.86. The molecular formula is C25H24N4O4. The largest absolute Gasteiger partial charge is 0.494 e. The van der Waals surface area contributed by atoms with Gasteiger partial charge in [-0.05, 0) is 61.9 Å². The number of urea groups is 1. The second-order valence-corrected chi connectivity index (χ2v) is 7.29. The number of anilines is 2. The third-order valence-corrected chi connectivity index (χ3v) is 4.87. The minimum Gasteiger partial charge on any atom is -0.494 e. The Balaban J connectivity index is 1.44. The SMILES string of the molecule is CCOc1ccc(NC(=O)Nc2ccccc2OCc2cc(=O)n3cccc(C)c3n2)cc1. The summed E-state index contributed by atoms with van der Waals surface area (Å²) in [6.07, 6.45) is 1.69. The third-order valence-electron chi connectivity index (χ3n) is 4.87. The molecule has 0 saturated heterocycles. The highest BCUT2D eigenvalue weighted by molar-refractivity contribution is 6.00. The van der Waals surface area contributed by atoms with Crippen LogP contribution in [0.2, 0.25) is 0 Å². The predicted molar refractivity (Wildman–Crippen MR) is 127 cm³/mol. The van der Waals surface area contributed by atoms with E-state index in [-0.39, 0.29) is 12.2 Å². The lowest BCUT2D eigenvalue weighted by Crippen LogP contribution is -2.20. The molecule has 0 atom stereocenters. The molecule has 168 valence electrons. The molecule has 2 heterocycles. The van der Waals surface area contributed by atoms with Crippen LogP contribution in [0.5, 0.6) is 11.5 Å². The van der Waals surface area contributed by atoms with Crippen LogP contribution < -0.4 is 25.7 Å². The second-order valence-electron chi connectivity index (χ2n) is 7.29. The average molecular weight is 444 g/mol. The average Bonchev–Trinajstić information content (AvgIpc) is 2.81. The Kier molecular flexibility index (Phi) is 6.54. The van der Waals surface area contributed by atoms with Gasteiger partial charge in [0.1, 0.15) is 23.8 Å². The molecule has 0 aliphatic carbocycles. The Morgan fingerprint density at radius 3 is 2.58 bits per heavy atom. The fourth-order valence-electron chi connectivity index (χ4n) is 3.32. The van der Waals surface area contributed by atoms with Gasteiger partial charge >= 0.3 is 6.03 Å². The van der Waals surface area contributed by atoms with E-state index < -0.39 is 6.03 Å². The number of amides is 2. The van der Waals surface area contributed by atoms with Crippen molar-refractivity contribution in [2.75, 3.05) is 17.2 Å². The summed E-state index contributed by atoms with van der Waals surface area (Å²) in [7, 11) is 0. The van der Waals surface area contributed by atoms with E-state index in [1.165, 1.54) is 10.5 Å². The molecule has 0 spiro atoms. The molecule has 2 amide bonds. The van der Waals surface area contributed by atoms with Crippen molar-refractivity contribution < 1.29 is 14.3 Å². The van der Waals surface area contributed by atoms with E-state index in [1.54, 1.807) is 54.7 Å². The quantitative estimate of drug-likeness (QED) is 0.434. The number of nitrogens with zero attached hydrogens (tertiary/aromatic N) is 2. The molecule has 0 aliphatic heterocycles. The Hall–Kier alpha value is -4.33. The maximum Gasteiger partial charge on any atom is 0.323 e. The summed E-state index contributed by atoms with van der Waals surface area (Å²) in [5, 5.41) is 5.57. The molecule has 33 heavy (non-hydrogen) atoms. The minimum atomic E-state index is -0.409. The van der Waals surface area contributed by atoms with Crippen LogP contribution in [0.25, 0.3) is 5.65 Å². The number of hydrogen-bond acceptors (Lipinski definition) is 5. The Bertz CT molecular complexity index is 1330. The number of aryl methyl sites for hydroxylation is 1. The molecule has 4 aromatic rings. The molecule has 0 unspecified atom stereocenters. The molecule has 8 heteroatoms. The van der Waals surface area contributed by atoms with Crippen molar-refractivity contribution in [1.29, 1.82) is 0 Å². The highest BCUT2D eigenvalue weighted by Gasteiger charge is 2.10. The molecule has 0 bridgehead atoms. The number of aromatic nitrogens is 2. The van der Waals surface area contributed by atoms with Gasteiger partial charge in [0, 0.05) is 18.0 Å². The lowest BCUT2D eigenvalue weighted by Gasteiger charge is -2.13. The summed E-state index contributed by atoms with van der Waals surface area (Å²) in [6.45, 7) is 4.47. The van der Waals surface area contributed by atoms with Crippen LogP contribution >= 0.6 is 0 Å². The van der Waals surface area contributed by atoms with Crippen molar-refractivity contribution in [2.45, 2.75) is 20.5 Å². The molecule has 4 rings (SSSR count). The Labute approximate surface area is 190 Å². The zero-order chi connectivity index (χ0) is 23.2. The van der Waals surface area contributed by atoms with Crippen molar-refractivity contribution in [1.82, 2.24) is 9.38 Å². The van der Waals surface area contributed by atoms with Crippen LogP contribution in [0, 0.1) is 6.92 Å². The van der Waals surface area contributed by atoms with E-state index in [2.05, 4.69) is 15.6 Å². The number of ether oxygens (including phenoxy) is 2. The van der Waals surface area contributed by atoms with Gasteiger partial charge in [-0.3, -0.25) is 9.20 Å². The van der Waals surface area contributed by atoms with Crippen LogP contribution in [0.4, 0.5) is 16.2 Å². The van der Waals surface area contributed by atoms with E-state index in [4.69, 9.17) is 9.47 Å². The number of pyridine rings is 1. The fraction of sp³-hybridized carbons (Fsp3) is 0.160. The van der Waals surface area contributed by atoms with Gasteiger partial charge in [0.15, 0.2) is 0 Å². The molecule has 0 fully saturated rings. The van der Waals surface area contributed by atoms with Gasteiger partial charge in [0.25, 0.3) is 5.56 Å². The summed E-state index contributed by atoms with van der Waals surface area (Å²) in [5.41, 5.74) is 2.93. The number of fused-ring (bicyclic) bond motifs is 1. The van der Waals surface area contributed by atoms with E-state index in [9.17, 15) is 9.59 Å². The van der Waals surface area contributed by atoms with Crippen LogP contribution in [0.3, 0.4) is 0 Å². The zero-order valence-electron chi connectivity index (χ0n) is 18.4. The monoisotopic (exact) mass is 444 g/mol. The lowest BCUT2D eigenvalue weighted by atomic mass is 10.2. The van der Waals surface area contributed by atoms with E-state index in [0.29, 0.717) is 35.1 Å². The lowest BCUT2D eigenvalue weighted by molar-refractivity contribution is 0.261. The smallest absolute Gasteiger partial charge is 0.323 e. The zero-order valence-corrected chi connectivity index (χ0v) is 18.4. The molecule has 8 nitrogen and oxygen atoms in total. The Morgan fingerprint density at radius 2 is 1.79 bits per heavy atom. The van der Waals surface area contributed by atoms with Gasteiger partial charge in [0.05, 0.1) is 18.0 Å². The predicted octanol–water partition coefficient (Wildman–Crippen LogP) is 4.62. The first kappa shape index (κ1) is 21.9. The molecule has 2 N–H and O–H groups in total. The van der Waals surface area contributed by atoms with Gasteiger partial charge in [-0.15, -0.1) is 0 Å². The number of rotatable bonds is 7. The number of carbonyl (C=O) groups excluding carboxylic acids is 1. The summed E-state index contributed by atoms with van der Waals surface area (Å²) in [6, 6.07) is 18.9. The van der Waals surface area contributed by atoms with Crippen LogP contribution in [0.15, 0.2) is 77.7 Å². The van der Waals surface area contributed by atoms with Gasteiger partial charge < -0.3 is 20.1 Å². The molecule has 0 saturated carbocycles. The number of carbonyl (C=O) groups is 1. The standard InChI is InChI=1S/C25H24N4O4/c1-3-32-20-12-10-18(11-13-20)27-25(31)28-21-8-4-5-9-22(21)33-16-19-15-23(30)29-14-6-7-17(2)24(29)26-19/h4-15H,3,16H2,1-2H3,(H2,27,28,31). The third kappa shape index (κ3) is 5.30.